The SMILES string of the molecule is c1ccc2c(-c3c4ccccc4c(-c4ccc(-c5ccc(-c6ccc7c(c6)-c6c(ccc8ccccc68)C76C7CC8CC(C7)CC6C8)cc5)cc4)c4ccccc34)cccc2c1. The van der Waals surface area contributed by atoms with Crippen LogP contribution in [-0.4, -0.2) is 0 Å². The minimum atomic E-state index is 0.175. The van der Waals surface area contributed by atoms with E-state index in [0.29, 0.717) is 0 Å². The van der Waals surface area contributed by atoms with E-state index in [9.17, 15) is 0 Å². The molecule has 0 aromatic heterocycles. The highest BCUT2D eigenvalue weighted by Crippen LogP contribution is 2.70. The van der Waals surface area contributed by atoms with Crippen molar-refractivity contribution in [3.63, 3.8) is 0 Å². The standard InChI is InChI=1S/C62H46/c1-3-13-49-43(10-1)12-9-19-51(49)60-54-17-7-5-15-52(54)59(53-16-6-8-18-55(53)60)45-26-24-41(25-27-45)40-20-22-42(23-21-40)46-29-30-57-56(37-46)61-50-14-4-2-11-44(50)28-31-58(61)62(57)47-33-38-32-39(35-47)36-48(62)34-38/h1-31,37-39,47-48H,32-36H2. The third-order valence-electron chi connectivity index (χ3n) is 16.3. The fourth-order valence-corrected chi connectivity index (χ4v) is 14.0. The van der Waals surface area contributed by atoms with Crippen molar-refractivity contribution in [1.82, 2.24) is 0 Å². The van der Waals surface area contributed by atoms with E-state index in [1.165, 1.54) is 131 Å². The molecule has 0 radical (unpaired) electrons. The van der Waals surface area contributed by atoms with Crippen LogP contribution in [0.25, 0.3) is 98.7 Å². The van der Waals surface area contributed by atoms with Gasteiger partial charge in [-0.25, -0.2) is 0 Å². The maximum Gasteiger partial charge on any atom is 0.0272 e. The van der Waals surface area contributed by atoms with Crippen molar-refractivity contribution in [1.29, 1.82) is 0 Å². The third kappa shape index (κ3) is 4.84. The third-order valence-corrected chi connectivity index (χ3v) is 16.3. The molecule has 0 amide bonds. The molecular formula is C62H46. The molecule has 15 rings (SSSR count). The Morgan fingerprint density at radius 3 is 1.35 bits per heavy atom. The normalized spacial score (nSPS) is 21.9. The quantitative estimate of drug-likeness (QED) is 0.156. The van der Waals surface area contributed by atoms with Gasteiger partial charge in [0.2, 0.25) is 0 Å². The molecule has 0 nitrogen and oxygen atoms in total. The van der Waals surface area contributed by atoms with Gasteiger partial charge >= 0.3 is 0 Å². The molecule has 0 unspecified atom stereocenters. The molecule has 4 fully saturated rings. The number of rotatable bonds is 4. The lowest BCUT2D eigenvalue weighted by atomic mass is 9.43. The van der Waals surface area contributed by atoms with Crippen molar-refractivity contribution in [3.05, 3.63) is 205 Å². The maximum atomic E-state index is 2.57. The molecule has 0 saturated heterocycles. The number of hydrogen-bond donors (Lipinski definition) is 0. The van der Waals surface area contributed by atoms with E-state index in [1.807, 2.05) is 0 Å². The second kappa shape index (κ2) is 13.1. The van der Waals surface area contributed by atoms with Crippen molar-refractivity contribution in [2.75, 3.05) is 0 Å². The van der Waals surface area contributed by atoms with Crippen molar-refractivity contribution in [2.24, 2.45) is 23.7 Å². The number of benzene rings is 10. The summed E-state index contributed by atoms with van der Waals surface area (Å²) >= 11 is 0. The lowest BCUT2D eigenvalue weighted by Gasteiger charge is -2.61. The van der Waals surface area contributed by atoms with Crippen LogP contribution in [0, 0.1) is 23.7 Å². The van der Waals surface area contributed by atoms with E-state index in [2.05, 4.69) is 194 Å². The van der Waals surface area contributed by atoms with E-state index in [0.717, 1.165) is 23.7 Å². The number of fused-ring (bicyclic) bond motifs is 8. The van der Waals surface area contributed by atoms with E-state index >= 15 is 0 Å². The highest BCUT2D eigenvalue weighted by Gasteiger charge is 2.61. The molecule has 1 spiro atoms. The Morgan fingerprint density at radius 1 is 0.290 bits per heavy atom. The van der Waals surface area contributed by atoms with Crippen LogP contribution in [0.15, 0.2) is 194 Å². The summed E-state index contributed by atoms with van der Waals surface area (Å²) in [4.78, 5) is 0. The lowest BCUT2D eigenvalue weighted by Crippen LogP contribution is -2.55. The maximum absolute atomic E-state index is 2.57. The minimum absolute atomic E-state index is 0.175. The summed E-state index contributed by atoms with van der Waals surface area (Å²) in [5, 5.41) is 10.5. The van der Waals surface area contributed by atoms with Gasteiger partial charge in [0.05, 0.1) is 0 Å². The Hall–Kier alpha value is -6.76. The van der Waals surface area contributed by atoms with Crippen LogP contribution < -0.4 is 0 Å². The van der Waals surface area contributed by atoms with Gasteiger partial charge in [0.1, 0.15) is 0 Å². The Bertz CT molecular complexity index is 3370. The highest BCUT2D eigenvalue weighted by molar-refractivity contribution is 6.23. The van der Waals surface area contributed by atoms with E-state index in [1.54, 1.807) is 11.1 Å². The summed E-state index contributed by atoms with van der Waals surface area (Å²) in [6.45, 7) is 0. The van der Waals surface area contributed by atoms with Gasteiger partial charge in [-0.2, -0.15) is 0 Å². The topological polar surface area (TPSA) is 0 Å². The van der Waals surface area contributed by atoms with Crippen LogP contribution in [0.3, 0.4) is 0 Å². The number of hydrogen-bond acceptors (Lipinski definition) is 0. The van der Waals surface area contributed by atoms with Gasteiger partial charge in [0.25, 0.3) is 0 Å². The molecule has 0 heteroatoms. The molecule has 10 aromatic rings. The van der Waals surface area contributed by atoms with Crippen molar-refractivity contribution in [2.45, 2.75) is 37.5 Å². The molecule has 10 aromatic carbocycles. The molecule has 0 atom stereocenters. The van der Waals surface area contributed by atoms with Crippen LogP contribution in [0.4, 0.5) is 0 Å². The van der Waals surface area contributed by atoms with E-state index in [4.69, 9.17) is 0 Å². The average molecular weight is 791 g/mol. The molecule has 0 heterocycles. The van der Waals surface area contributed by atoms with Gasteiger partial charge in [-0.3, -0.25) is 0 Å². The first kappa shape index (κ1) is 34.9. The van der Waals surface area contributed by atoms with Gasteiger partial charge < -0.3 is 0 Å². The largest absolute Gasteiger partial charge is 0.0616 e. The molecule has 62 heavy (non-hydrogen) atoms. The Morgan fingerprint density at radius 2 is 0.742 bits per heavy atom. The zero-order valence-electron chi connectivity index (χ0n) is 34.8. The smallest absolute Gasteiger partial charge is 0.0272 e. The fourth-order valence-electron chi connectivity index (χ4n) is 14.0. The van der Waals surface area contributed by atoms with Crippen LogP contribution in [0.2, 0.25) is 0 Å². The lowest BCUT2D eigenvalue weighted by molar-refractivity contribution is -0.0399. The summed E-state index contributed by atoms with van der Waals surface area (Å²) < 4.78 is 0. The average Bonchev–Trinajstić information content (AvgIpc) is 3.63. The Balaban J connectivity index is 0.839. The summed E-state index contributed by atoms with van der Waals surface area (Å²) in [6, 6.07) is 73.7. The molecule has 4 saturated carbocycles. The van der Waals surface area contributed by atoms with Crippen LogP contribution in [0.1, 0.15) is 43.2 Å². The van der Waals surface area contributed by atoms with Gasteiger partial charge in [-0.15, -0.1) is 0 Å². The predicted molar refractivity (Wildman–Crippen MR) is 261 cm³/mol. The first-order valence-corrected chi connectivity index (χ1v) is 23.0. The fraction of sp³-hybridized carbons (Fsp3) is 0.161. The molecule has 294 valence electrons. The molecule has 5 aliphatic rings. The zero-order chi connectivity index (χ0) is 40.5. The highest BCUT2D eigenvalue weighted by atomic mass is 14.6. The molecule has 0 aliphatic heterocycles. The molecular weight excluding hydrogens is 745 g/mol. The first-order valence-electron chi connectivity index (χ1n) is 23.0. The second-order valence-corrected chi connectivity index (χ2v) is 19.2. The minimum Gasteiger partial charge on any atom is -0.0616 e. The Kier molecular flexibility index (Phi) is 7.39. The van der Waals surface area contributed by atoms with Crippen molar-refractivity contribution < 1.29 is 0 Å². The predicted octanol–water partition coefficient (Wildman–Crippen LogP) is 16.7. The van der Waals surface area contributed by atoms with Crippen LogP contribution in [0.5, 0.6) is 0 Å². The van der Waals surface area contributed by atoms with Gasteiger partial charge in [-0.1, -0.05) is 188 Å². The van der Waals surface area contributed by atoms with Crippen molar-refractivity contribution >= 4 is 43.1 Å². The molecule has 4 bridgehead atoms. The van der Waals surface area contributed by atoms with Gasteiger partial charge in [0, 0.05) is 5.41 Å². The molecule has 0 N–H and O–H groups in total. The van der Waals surface area contributed by atoms with Crippen LogP contribution in [-0.2, 0) is 5.41 Å². The Labute approximate surface area is 363 Å². The summed E-state index contributed by atoms with van der Waals surface area (Å²) in [5.41, 5.74) is 16.7. The monoisotopic (exact) mass is 790 g/mol. The van der Waals surface area contributed by atoms with Gasteiger partial charge in [-0.05, 0) is 172 Å². The van der Waals surface area contributed by atoms with E-state index < -0.39 is 0 Å². The van der Waals surface area contributed by atoms with Gasteiger partial charge in [0.15, 0.2) is 0 Å². The summed E-state index contributed by atoms with van der Waals surface area (Å²) in [5.74, 6) is 3.42. The molecule has 5 aliphatic carbocycles. The van der Waals surface area contributed by atoms with Crippen LogP contribution >= 0.6 is 0 Å². The first-order chi connectivity index (χ1) is 30.7. The second-order valence-electron chi connectivity index (χ2n) is 19.2. The van der Waals surface area contributed by atoms with Crippen molar-refractivity contribution in [3.8, 4) is 55.6 Å². The zero-order valence-corrected chi connectivity index (χ0v) is 34.8. The summed E-state index contributed by atoms with van der Waals surface area (Å²) in [7, 11) is 0. The van der Waals surface area contributed by atoms with E-state index in [-0.39, 0.29) is 5.41 Å². The summed E-state index contributed by atoms with van der Waals surface area (Å²) in [6.07, 6.45) is 7.12.